The lowest BCUT2D eigenvalue weighted by atomic mass is 9.79. The number of nitrogens with zero attached hydrogens (tertiary/aromatic N) is 3. The number of hydrogen-bond donors (Lipinski definition) is 0. The Morgan fingerprint density at radius 3 is 2.38 bits per heavy atom. The topological polar surface area (TPSA) is 48.8 Å². The van der Waals surface area contributed by atoms with E-state index in [9.17, 15) is 0 Å². The Bertz CT molecular complexity index is 897. The molecule has 0 spiro atoms. The van der Waals surface area contributed by atoms with Crippen LogP contribution < -0.4 is 5.46 Å². The number of benzene rings is 1. The van der Waals surface area contributed by atoms with Crippen LogP contribution in [0.3, 0.4) is 0 Å². The van der Waals surface area contributed by atoms with Crippen molar-refractivity contribution in [3.63, 3.8) is 0 Å². The molecule has 7 heteroatoms. The second-order valence-corrected chi connectivity index (χ2v) is 9.89. The lowest BCUT2D eigenvalue weighted by molar-refractivity contribution is -0.0379. The zero-order valence-corrected chi connectivity index (χ0v) is 18.3. The van der Waals surface area contributed by atoms with Crippen molar-refractivity contribution in [1.29, 1.82) is 0 Å². The van der Waals surface area contributed by atoms with E-state index in [0.29, 0.717) is 12.2 Å². The summed E-state index contributed by atoms with van der Waals surface area (Å²) >= 11 is 0. The third-order valence-electron chi connectivity index (χ3n) is 7.29. The van der Waals surface area contributed by atoms with E-state index in [4.69, 9.17) is 19.0 Å². The highest BCUT2D eigenvalue weighted by atomic mass is 16.7. The molecule has 4 heterocycles. The van der Waals surface area contributed by atoms with Crippen molar-refractivity contribution in [3.8, 4) is 0 Å². The lowest BCUT2D eigenvalue weighted by Crippen LogP contribution is -2.43. The molecule has 2 aromatic rings. The Kier molecular flexibility index (Phi) is 4.59. The molecule has 0 aliphatic carbocycles. The lowest BCUT2D eigenvalue weighted by Gasteiger charge is -2.32. The van der Waals surface area contributed by atoms with Gasteiger partial charge in [0, 0.05) is 33.1 Å². The van der Waals surface area contributed by atoms with Gasteiger partial charge in [0.25, 0.3) is 0 Å². The first-order valence-corrected chi connectivity index (χ1v) is 10.9. The largest absolute Gasteiger partial charge is 0.494 e. The number of ether oxygens (including phenoxy) is 1. The molecule has 0 saturated carbocycles. The van der Waals surface area contributed by atoms with Crippen molar-refractivity contribution in [1.82, 2.24) is 14.5 Å². The SMILES string of the molecule is Cn1c(CCN2CC3CCC(C2)O3)nc2ccc(B3OC(C)(C)C(C)(C)O3)cc21. The summed E-state index contributed by atoms with van der Waals surface area (Å²) in [7, 11) is 1.77. The second kappa shape index (κ2) is 6.81. The van der Waals surface area contributed by atoms with Crippen LogP contribution in [0.2, 0.25) is 0 Å². The Labute approximate surface area is 173 Å². The molecule has 0 radical (unpaired) electrons. The Balaban J connectivity index is 1.33. The van der Waals surface area contributed by atoms with E-state index < -0.39 is 0 Å². The van der Waals surface area contributed by atoms with Gasteiger partial charge in [-0.2, -0.15) is 0 Å². The summed E-state index contributed by atoms with van der Waals surface area (Å²) in [5.74, 6) is 1.13. The van der Waals surface area contributed by atoms with Crippen molar-refractivity contribution in [2.24, 2.45) is 7.05 Å². The fourth-order valence-corrected chi connectivity index (χ4v) is 4.75. The number of imidazole rings is 1. The van der Waals surface area contributed by atoms with Gasteiger partial charge in [0.05, 0.1) is 34.4 Å². The molecule has 29 heavy (non-hydrogen) atoms. The highest BCUT2D eigenvalue weighted by Crippen LogP contribution is 2.36. The summed E-state index contributed by atoms with van der Waals surface area (Å²) in [5, 5.41) is 0. The fraction of sp³-hybridized carbons (Fsp3) is 0.682. The Morgan fingerprint density at radius 1 is 1.07 bits per heavy atom. The number of likely N-dealkylation sites (tertiary alicyclic amines) is 1. The molecule has 0 amide bonds. The Hall–Kier alpha value is -1.41. The maximum atomic E-state index is 6.23. The van der Waals surface area contributed by atoms with Crippen LogP contribution >= 0.6 is 0 Å². The van der Waals surface area contributed by atoms with Crippen LogP contribution in [0.1, 0.15) is 46.4 Å². The molecule has 5 rings (SSSR count). The number of hydrogen-bond acceptors (Lipinski definition) is 5. The van der Waals surface area contributed by atoms with Crippen LogP contribution in [-0.4, -0.2) is 64.6 Å². The smallest absolute Gasteiger partial charge is 0.399 e. The molecular formula is C22H32BN3O3. The molecule has 1 aromatic carbocycles. The minimum absolute atomic E-state index is 0.332. The quantitative estimate of drug-likeness (QED) is 0.741. The van der Waals surface area contributed by atoms with Gasteiger partial charge >= 0.3 is 7.12 Å². The van der Waals surface area contributed by atoms with E-state index in [2.05, 4.69) is 62.4 Å². The molecule has 2 unspecified atom stereocenters. The monoisotopic (exact) mass is 397 g/mol. The molecule has 0 N–H and O–H groups in total. The van der Waals surface area contributed by atoms with Gasteiger partial charge < -0.3 is 18.6 Å². The summed E-state index contributed by atoms with van der Waals surface area (Å²) < 4.78 is 20.6. The van der Waals surface area contributed by atoms with Crippen LogP contribution in [0.25, 0.3) is 11.0 Å². The fourth-order valence-electron chi connectivity index (χ4n) is 4.75. The summed E-state index contributed by atoms with van der Waals surface area (Å²) in [6, 6.07) is 6.35. The average Bonchev–Trinajstić information content (AvgIpc) is 3.24. The number of aryl methyl sites for hydroxylation is 1. The van der Waals surface area contributed by atoms with Crippen LogP contribution in [0, 0.1) is 0 Å². The number of aromatic nitrogens is 2. The molecule has 1 aromatic heterocycles. The first-order chi connectivity index (χ1) is 13.7. The minimum atomic E-state index is -0.341. The van der Waals surface area contributed by atoms with Crippen molar-refractivity contribution in [2.75, 3.05) is 19.6 Å². The molecule has 3 aliphatic heterocycles. The Morgan fingerprint density at radius 2 is 1.72 bits per heavy atom. The van der Waals surface area contributed by atoms with Gasteiger partial charge in [0.2, 0.25) is 0 Å². The first kappa shape index (κ1) is 19.6. The van der Waals surface area contributed by atoms with E-state index in [1.54, 1.807) is 0 Å². The zero-order chi connectivity index (χ0) is 20.4. The molecular weight excluding hydrogens is 365 g/mol. The van der Waals surface area contributed by atoms with Gasteiger partial charge in [-0.05, 0) is 58.1 Å². The maximum absolute atomic E-state index is 6.23. The van der Waals surface area contributed by atoms with Gasteiger partial charge in [0.15, 0.2) is 0 Å². The molecule has 2 atom stereocenters. The van der Waals surface area contributed by atoms with Crippen molar-refractivity contribution >= 4 is 23.6 Å². The molecule has 3 aliphatic rings. The summed E-state index contributed by atoms with van der Waals surface area (Å²) in [6.45, 7) is 11.5. The van der Waals surface area contributed by atoms with Gasteiger partial charge in [0.1, 0.15) is 5.82 Å². The zero-order valence-electron chi connectivity index (χ0n) is 18.3. The van der Waals surface area contributed by atoms with Crippen LogP contribution in [-0.2, 0) is 27.5 Å². The summed E-state index contributed by atoms with van der Waals surface area (Å²) in [5.41, 5.74) is 2.55. The predicted octanol–water partition coefficient (Wildman–Crippen LogP) is 2.28. The second-order valence-electron chi connectivity index (χ2n) is 9.89. The first-order valence-electron chi connectivity index (χ1n) is 10.9. The van der Waals surface area contributed by atoms with Crippen molar-refractivity contribution < 1.29 is 14.0 Å². The van der Waals surface area contributed by atoms with Crippen LogP contribution in [0.15, 0.2) is 18.2 Å². The van der Waals surface area contributed by atoms with Crippen LogP contribution in [0.4, 0.5) is 0 Å². The van der Waals surface area contributed by atoms with E-state index in [1.807, 2.05) is 0 Å². The van der Waals surface area contributed by atoms with E-state index >= 15 is 0 Å². The highest BCUT2D eigenvalue weighted by Gasteiger charge is 2.51. The molecule has 3 fully saturated rings. The van der Waals surface area contributed by atoms with E-state index in [0.717, 1.165) is 48.4 Å². The average molecular weight is 397 g/mol. The standard InChI is InChI=1S/C22H32BN3O3/c1-21(2)22(3,4)29-23(28-21)15-6-9-18-19(12-15)25(5)20(24-18)10-11-26-13-16-7-8-17(14-26)27-16/h6,9,12,16-17H,7-8,10-11,13-14H2,1-5H3. The predicted molar refractivity (Wildman–Crippen MR) is 114 cm³/mol. The third-order valence-corrected chi connectivity index (χ3v) is 7.29. The number of rotatable bonds is 4. The molecule has 156 valence electrons. The van der Waals surface area contributed by atoms with Gasteiger partial charge in [-0.3, -0.25) is 4.90 Å². The molecule has 3 saturated heterocycles. The summed E-state index contributed by atoms with van der Waals surface area (Å²) in [4.78, 5) is 7.44. The van der Waals surface area contributed by atoms with Gasteiger partial charge in [-0.1, -0.05) is 6.07 Å². The van der Waals surface area contributed by atoms with Crippen molar-refractivity contribution in [2.45, 2.75) is 70.4 Å². The van der Waals surface area contributed by atoms with Gasteiger partial charge in [-0.25, -0.2) is 4.98 Å². The normalized spacial score (nSPS) is 28.5. The van der Waals surface area contributed by atoms with E-state index in [1.165, 1.54) is 12.8 Å². The third kappa shape index (κ3) is 3.42. The van der Waals surface area contributed by atoms with Crippen LogP contribution in [0.5, 0.6) is 0 Å². The molecule has 2 bridgehead atoms. The molecule has 6 nitrogen and oxygen atoms in total. The number of morpholine rings is 1. The van der Waals surface area contributed by atoms with Gasteiger partial charge in [-0.15, -0.1) is 0 Å². The summed E-state index contributed by atoms with van der Waals surface area (Å²) in [6.07, 6.45) is 4.27. The maximum Gasteiger partial charge on any atom is 0.494 e. The van der Waals surface area contributed by atoms with Crippen molar-refractivity contribution in [3.05, 3.63) is 24.0 Å². The highest BCUT2D eigenvalue weighted by molar-refractivity contribution is 6.62. The van der Waals surface area contributed by atoms with E-state index in [-0.39, 0.29) is 18.3 Å². The minimum Gasteiger partial charge on any atom is -0.399 e. The number of fused-ring (bicyclic) bond motifs is 3.